The van der Waals surface area contributed by atoms with E-state index in [1.54, 1.807) is 18.0 Å². The van der Waals surface area contributed by atoms with E-state index < -0.39 is 5.97 Å². The smallest absolute Gasteiger partial charge is 0.339 e. The van der Waals surface area contributed by atoms with Gasteiger partial charge in [0.2, 0.25) is 0 Å². The highest BCUT2D eigenvalue weighted by Crippen LogP contribution is 2.24. The Hall–Kier alpha value is -2.63. The van der Waals surface area contributed by atoms with Gasteiger partial charge in [-0.1, -0.05) is 18.2 Å². The molecular weight excluding hydrogens is 258 g/mol. The van der Waals surface area contributed by atoms with Crippen molar-refractivity contribution < 1.29 is 14.7 Å². The molecule has 20 heavy (non-hydrogen) atoms. The number of aromatic carboxylic acids is 1. The average molecular weight is 271 g/mol. The van der Waals surface area contributed by atoms with Crippen LogP contribution in [-0.4, -0.2) is 31.7 Å². The van der Waals surface area contributed by atoms with Gasteiger partial charge in [0.25, 0.3) is 5.91 Å². The lowest BCUT2D eigenvalue weighted by atomic mass is 10.1. The molecule has 0 bridgehead atoms. The Labute approximate surface area is 115 Å². The minimum Gasteiger partial charge on any atom is -0.478 e. The maximum Gasteiger partial charge on any atom is 0.339 e. The van der Waals surface area contributed by atoms with Gasteiger partial charge in [0, 0.05) is 19.2 Å². The lowest BCUT2D eigenvalue weighted by Crippen LogP contribution is -2.25. The molecule has 102 valence electrons. The van der Waals surface area contributed by atoms with Crippen LogP contribution in [0.5, 0.6) is 0 Å². The van der Waals surface area contributed by atoms with E-state index in [0.717, 1.165) is 5.56 Å². The first kappa shape index (κ1) is 12.4. The molecule has 1 aliphatic heterocycles. The van der Waals surface area contributed by atoms with E-state index in [2.05, 4.69) is 5.10 Å². The molecule has 0 aliphatic carbocycles. The number of carbonyl (C=O) groups is 2. The van der Waals surface area contributed by atoms with E-state index in [1.807, 2.05) is 18.2 Å². The number of hydrogen-bond donors (Lipinski definition) is 1. The highest BCUT2D eigenvalue weighted by Gasteiger charge is 2.28. The molecule has 0 unspecified atom stereocenters. The number of rotatable bonds is 3. The number of amides is 1. The first-order chi connectivity index (χ1) is 9.58. The Morgan fingerprint density at radius 2 is 2.15 bits per heavy atom. The number of benzene rings is 1. The third kappa shape index (κ3) is 1.85. The summed E-state index contributed by atoms with van der Waals surface area (Å²) in [5.41, 5.74) is 2.32. The molecule has 1 amide bonds. The van der Waals surface area contributed by atoms with Gasteiger partial charge in [-0.25, -0.2) is 4.79 Å². The van der Waals surface area contributed by atoms with Crippen LogP contribution in [0.25, 0.3) is 0 Å². The summed E-state index contributed by atoms with van der Waals surface area (Å²) in [5.74, 6) is -1.10. The zero-order valence-corrected chi connectivity index (χ0v) is 10.9. The van der Waals surface area contributed by atoms with Crippen LogP contribution >= 0.6 is 0 Å². The predicted octanol–water partition coefficient (Wildman–Crippen LogP) is 1.27. The molecule has 0 saturated carbocycles. The van der Waals surface area contributed by atoms with Crippen molar-refractivity contribution in [2.75, 3.05) is 0 Å². The highest BCUT2D eigenvalue weighted by molar-refractivity contribution is 5.98. The lowest BCUT2D eigenvalue weighted by molar-refractivity contribution is 0.0685. The fourth-order valence-electron chi connectivity index (χ4n) is 2.45. The van der Waals surface area contributed by atoms with Crippen molar-refractivity contribution in [3.8, 4) is 0 Å². The number of carboxylic acid groups (broad SMARTS) is 1. The average Bonchev–Trinajstić information content (AvgIpc) is 2.93. The number of aryl methyl sites for hydroxylation is 1. The summed E-state index contributed by atoms with van der Waals surface area (Å²) in [7, 11) is 1.68. The minimum absolute atomic E-state index is 0.0712. The van der Waals surface area contributed by atoms with Gasteiger partial charge < -0.3 is 10.0 Å². The summed E-state index contributed by atoms with van der Waals surface area (Å²) in [6.45, 7) is 0.741. The molecule has 0 radical (unpaired) electrons. The maximum atomic E-state index is 12.3. The standard InChI is InChI=1S/C14H13N3O3/c1-16-12(11(6-15-16)14(19)20)8-17-7-9-4-2-3-5-10(9)13(17)18/h2-6H,7-8H2,1H3,(H,19,20). The van der Waals surface area contributed by atoms with Crippen LogP contribution in [0.1, 0.15) is 32.0 Å². The zero-order valence-electron chi connectivity index (χ0n) is 10.9. The van der Waals surface area contributed by atoms with Crippen molar-refractivity contribution in [3.63, 3.8) is 0 Å². The van der Waals surface area contributed by atoms with Crippen molar-refractivity contribution in [2.24, 2.45) is 7.05 Å². The van der Waals surface area contributed by atoms with Crippen LogP contribution in [0.2, 0.25) is 0 Å². The molecule has 6 nitrogen and oxygen atoms in total. The number of hydrogen-bond acceptors (Lipinski definition) is 3. The molecule has 1 aromatic carbocycles. The summed E-state index contributed by atoms with van der Waals surface area (Å²) in [6, 6.07) is 7.42. The zero-order chi connectivity index (χ0) is 14.3. The largest absolute Gasteiger partial charge is 0.478 e. The third-order valence-electron chi connectivity index (χ3n) is 3.53. The molecule has 0 atom stereocenters. The van der Waals surface area contributed by atoms with Crippen molar-refractivity contribution in [1.82, 2.24) is 14.7 Å². The molecule has 0 spiro atoms. The first-order valence-electron chi connectivity index (χ1n) is 6.19. The van der Waals surface area contributed by atoms with E-state index in [-0.39, 0.29) is 18.0 Å². The van der Waals surface area contributed by atoms with Gasteiger partial charge in [-0.2, -0.15) is 5.10 Å². The topological polar surface area (TPSA) is 75.4 Å². The van der Waals surface area contributed by atoms with Gasteiger partial charge in [0.1, 0.15) is 5.56 Å². The molecule has 3 rings (SSSR count). The van der Waals surface area contributed by atoms with Crippen molar-refractivity contribution in [2.45, 2.75) is 13.1 Å². The van der Waals surface area contributed by atoms with Crippen molar-refractivity contribution in [1.29, 1.82) is 0 Å². The first-order valence-corrected chi connectivity index (χ1v) is 6.19. The third-order valence-corrected chi connectivity index (χ3v) is 3.53. The van der Waals surface area contributed by atoms with E-state index in [1.165, 1.54) is 10.9 Å². The van der Waals surface area contributed by atoms with Gasteiger partial charge in [0.05, 0.1) is 18.4 Å². The van der Waals surface area contributed by atoms with Gasteiger partial charge >= 0.3 is 5.97 Å². The van der Waals surface area contributed by atoms with Crippen LogP contribution in [0, 0.1) is 0 Å². The summed E-state index contributed by atoms with van der Waals surface area (Å²) in [6.07, 6.45) is 1.31. The number of fused-ring (bicyclic) bond motifs is 1. The normalized spacial score (nSPS) is 13.7. The Kier molecular flexibility index (Phi) is 2.78. The minimum atomic E-state index is -1.03. The second-order valence-electron chi connectivity index (χ2n) is 4.75. The monoisotopic (exact) mass is 271 g/mol. The molecule has 2 aromatic rings. The fourth-order valence-corrected chi connectivity index (χ4v) is 2.45. The van der Waals surface area contributed by atoms with Crippen LogP contribution < -0.4 is 0 Å². The van der Waals surface area contributed by atoms with E-state index in [9.17, 15) is 9.59 Å². The van der Waals surface area contributed by atoms with Crippen molar-refractivity contribution in [3.05, 3.63) is 52.8 Å². The number of nitrogens with zero attached hydrogens (tertiary/aromatic N) is 3. The van der Waals surface area contributed by atoms with Crippen LogP contribution in [-0.2, 0) is 20.1 Å². The van der Waals surface area contributed by atoms with Crippen LogP contribution in [0.15, 0.2) is 30.5 Å². The number of carboxylic acids is 1. The molecule has 6 heteroatoms. The van der Waals surface area contributed by atoms with Gasteiger partial charge in [-0.3, -0.25) is 9.48 Å². The Bertz CT molecular complexity index is 705. The number of carbonyl (C=O) groups excluding carboxylic acids is 1. The van der Waals surface area contributed by atoms with E-state index >= 15 is 0 Å². The SMILES string of the molecule is Cn1ncc(C(=O)O)c1CN1Cc2ccccc2C1=O. The predicted molar refractivity (Wildman–Crippen MR) is 70.2 cm³/mol. The Morgan fingerprint density at radius 1 is 1.40 bits per heavy atom. The van der Waals surface area contributed by atoms with E-state index in [0.29, 0.717) is 17.8 Å². The second-order valence-corrected chi connectivity index (χ2v) is 4.75. The second kappa shape index (κ2) is 4.48. The Balaban J connectivity index is 1.90. The van der Waals surface area contributed by atoms with Crippen LogP contribution in [0.4, 0.5) is 0 Å². The molecular formula is C14H13N3O3. The van der Waals surface area contributed by atoms with Crippen LogP contribution in [0.3, 0.4) is 0 Å². The highest BCUT2D eigenvalue weighted by atomic mass is 16.4. The summed E-state index contributed by atoms with van der Waals surface area (Å²) < 4.78 is 1.50. The number of aromatic nitrogens is 2. The summed E-state index contributed by atoms with van der Waals surface area (Å²) in [5, 5.41) is 13.1. The van der Waals surface area contributed by atoms with Gasteiger partial charge in [-0.05, 0) is 11.6 Å². The molecule has 1 aromatic heterocycles. The van der Waals surface area contributed by atoms with Gasteiger partial charge in [-0.15, -0.1) is 0 Å². The maximum absolute atomic E-state index is 12.3. The molecule has 0 saturated heterocycles. The summed E-state index contributed by atoms with van der Waals surface area (Å²) in [4.78, 5) is 25.0. The fraction of sp³-hybridized carbons (Fsp3) is 0.214. The van der Waals surface area contributed by atoms with E-state index in [4.69, 9.17) is 5.11 Å². The molecule has 1 aliphatic rings. The summed E-state index contributed by atoms with van der Waals surface area (Å²) >= 11 is 0. The Morgan fingerprint density at radius 3 is 2.85 bits per heavy atom. The van der Waals surface area contributed by atoms with Gasteiger partial charge in [0.15, 0.2) is 0 Å². The molecule has 0 fully saturated rings. The van der Waals surface area contributed by atoms with Crippen molar-refractivity contribution >= 4 is 11.9 Å². The quantitative estimate of drug-likeness (QED) is 0.912. The molecule has 2 heterocycles. The molecule has 1 N–H and O–H groups in total. The lowest BCUT2D eigenvalue weighted by Gasteiger charge is -2.16.